The van der Waals surface area contributed by atoms with Gasteiger partial charge in [-0.15, -0.1) is 0 Å². The fourth-order valence-corrected chi connectivity index (χ4v) is 3.96. The van der Waals surface area contributed by atoms with Crippen molar-refractivity contribution in [2.75, 3.05) is 6.61 Å². The second-order valence-corrected chi connectivity index (χ2v) is 8.79. The van der Waals surface area contributed by atoms with Crippen LogP contribution in [0.5, 0.6) is 0 Å². The summed E-state index contributed by atoms with van der Waals surface area (Å²) < 4.78 is 18.2. The molecule has 0 radical (unpaired) electrons. The molecule has 2 saturated heterocycles. The molecule has 0 saturated carbocycles. The number of carbonyl (C=O) groups excluding carboxylic acids is 1. The predicted octanol–water partition coefficient (Wildman–Crippen LogP) is 4.42. The summed E-state index contributed by atoms with van der Waals surface area (Å²) in [4.78, 5) is 14.7. The van der Waals surface area contributed by atoms with E-state index in [-0.39, 0.29) is 18.1 Å². The molecule has 0 unspecified atom stereocenters. The molecule has 0 aliphatic carbocycles. The van der Waals surface area contributed by atoms with Crippen LogP contribution in [0.3, 0.4) is 0 Å². The Hall–Kier alpha value is -2.31. The number of benzene rings is 2. The number of rotatable bonds is 5. The molecule has 152 valence electrons. The van der Waals surface area contributed by atoms with E-state index in [0.29, 0.717) is 13.0 Å². The average Bonchev–Trinajstić information content (AvgIpc) is 3.17. The maximum atomic E-state index is 12.9. The van der Waals surface area contributed by atoms with E-state index in [1.165, 1.54) is 0 Å². The lowest BCUT2D eigenvalue weighted by Gasteiger charge is -2.32. The standard InChI is InChI=1S/C23H28BNO4/c1-22(2)23(3,4)29-24(28-22)20(15-17-11-7-5-8-12-17)25-19(16-27-21(25)26)18-13-9-6-10-14-18/h5-14,19-20H,15-16H2,1-4H3/t19-,20-/m1/s1. The molecule has 0 aromatic heterocycles. The maximum Gasteiger partial charge on any atom is 0.482 e. The van der Waals surface area contributed by atoms with Gasteiger partial charge in [-0.3, -0.25) is 4.90 Å². The predicted molar refractivity (Wildman–Crippen MR) is 112 cm³/mol. The smallest absolute Gasteiger partial charge is 0.447 e. The molecule has 2 atom stereocenters. The van der Waals surface area contributed by atoms with Crippen LogP contribution < -0.4 is 0 Å². The number of ether oxygens (including phenoxy) is 1. The van der Waals surface area contributed by atoms with Crippen LogP contribution in [0.1, 0.15) is 44.9 Å². The highest BCUT2D eigenvalue weighted by molar-refractivity contribution is 6.48. The van der Waals surface area contributed by atoms with E-state index in [4.69, 9.17) is 14.0 Å². The molecule has 0 N–H and O–H groups in total. The summed E-state index contributed by atoms with van der Waals surface area (Å²) in [7, 11) is -0.544. The summed E-state index contributed by atoms with van der Waals surface area (Å²) in [5.74, 6) is -0.307. The molecular weight excluding hydrogens is 365 g/mol. The zero-order valence-corrected chi connectivity index (χ0v) is 17.5. The normalized spacial score (nSPS) is 23.9. The fourth-order valence-electron chi connectivity index (χ4n) is 3.96. The third-order valence-corrected chi connectivity index (χ3v) is 6.33. The Bertz CT molecular complexity index is 840. The van der Waals surface area contributed by atoms with Gasteiger partial charge in [0, 0.05) is 0 Å². The number of cyclic esters (lactones) is 1. The van der Waals surface area contributed by atoms with E-state index < -0.39 is 18.3 Å². The Morgan fingerprint density at radius 3 is 2.10 bits per heavy atom. The van der Waals surface area contributed by atoms with Crippen LogP contribution in [0.25, 0.3) is 0 Å². The zero-order chi connectivity index (χ0) is 20.6. The number of amides is 1. The number of nitrogens with zero attached hydrogens (tertiary/aromatic N) is 1. The van der Waals surface area contributed by atoms with Gasteiger partial charge in [-0.05, 0) is 45.2 Å². The summed E-state index contributed by atoms with van der Waals surface area (Å²) in [6, 6.07) is 20.0. The number of carbonyl (C=O) groups is 1. The molecular formula is C23H28BNO4. The van der Waals surface area contributed by atoms with E-state index in [9.17, 15) is 4.79 Å². The summed E-state index contributed by atoms with van der Waals surface area (Å²) in [5.41, 5.74) is 1.23. The van der Waals surface area contributed by atoms with Crippen molar-refractivity contribution in [3.05, 3.63) is 71.8 Å². The number of hydrogen-bond acceptors (Lipinski definition) is 4. The first-order valence-corrected chi connectivity index (χ1v) is 10.2. The van der Waals surface area contributed by atoms with Crippen molar-refractivity contribution in [1.82, 2.24) is 4.90 Å². The molecule has 2 aliphatic heterocycles. The SMILES string of the molecule is CC1(C)OB([C@@H](Cc2ccccc2)N2C(=O)OC[C@@H]2c2ccccc2)OC1(C)C. The first-order valence-electron chi connectivity index (χ1n) is 10.2. The van der Waals surface area contributed by atoms with Crippen molar-refractivity contribution in [2.45, 2.75) is 57.3 Å². The van der Waals surface area contributed by atoms with Crippen molar-refractivity contribution in [3.63, 3.8) is 0 Å². The van der Waals surface area contributed by atoms with Gasteiger partial charge >= 0.3 is 13.2 Å². The minimum Gasteiger partial charge on any atom is -0.447 e. The lowest BCUT2D eigenvalue weighted by atomic mass is 9.73. The van der Waals surface area contributed by atoms with E-state index >= 15 is 0 Å². The lowest BCUT2D eigenvalue weighted by Crippen LogP contribution is -2.51. The Labute approximate surface area is 173 Å². The van der Waals surface area contributed by atoms with Crippen molar-refractivity contribution < 1.29 is 18.8 Å². The molecule has 1 amide bonds. The van der Waals surface area contributed by atoms with E-state index in [0.717, 1.165) is 11.1 Å². The molecule has 2 heterocycles. The first-order chi connectivity index (χ1) is 13.8. The largest absolute Gasteiger partial charge is 0.482 e. The second-order valence-electron chi connectivity index (χ2n) is 8.79. The van der Waals surface area contributed by atoms with Gasteiger partial charge in [0.05, 0.1) is 23.2 Å². The van der Waals surface area contributed by atoms with Crippen LogP contribution in [0.2, 0.25) is 0 Å². The highest BCUT2D eigenvalue weighted by Gasteiger charge is 2.57. The van der Waals surface area contributed by atoms with Crippen LogP contribution >= 0.6 is 0 Å². The quantitative estimate of drug-likeness (QED) is 0.706. The highest BCUT2D eigenvalue weighted by Crippen LogP contribution is 2.41. The summed E-state index contributed by atoms with van der Waals surface area (Å²) in [5, 5.41) is 0. The van der Waals surface area contributed by atoms with Gasteiger partial charge in [-0.2, -0.15) is 0 Å². The van der Waals surface area contributed by atoms with Crippen molar-refractivity contribution in [1.29, 1.82) is 0 Å². The Morgan fingerprint density at radius 2 is 1.52 bits per heavy atom. The minimum absolute atomic E-state index is 0.170. The van der Waals surface area contributed by atoms with Crippen LogP contribution in [0.15, 0.2) is 60.7 Å². The molecule has 2 fully saturated rings. The van der Waals surface area contributed by atoms with Gasteiger partial charge in [-0.1, -0.05) is 60.7 Å². The molecule has 5 nitrogen and oxygen atoms in total. The molecule has 4 rings (SSSR count). The molecule has 2 aromatic carbocycles. The van der Waals surface area contributed by atoms with Crippen molar-refractivity contribution >= 4 is 13.2 Å². The first kappa shape index (κ1) is 20.0. The van der Waals surface area contributed by atoms with Crippen LogP contribution in [0.4, 0.5) is 4.79 Å². The summed E-state index contributed by atoms with van der Waals surface area (Å²) in [6.45, 7) is 8.45. The number of hydrogen-bond donors (Lipinski definition) is 0. The van der Waals surface area contributed by atoms with Gasteiger partial charge in [0.2, 0.25) is 0 Å². The molecule has 2 aliphatic rings. The topological polar surface area (TPSA) is 48.0 Å². The fraction of sp³-hybridized carbons (Fsp3) is 0.435. The summed E-state index contributed by atoms with van der Waals surface area (Å²) >= 11 is 0. The van der Waals surface area contributed by atoms with Gasteiger partial charge in [0.15, 0.2) is 0 Å². The molecule has 0 bridgehead atoms. The Balaban J connectivity index is 1.70. The van der Waals surface area contributed by atoms with Crippen LogP contribution in [-0.2, 0) is 20.5 Å². The molecule has 0 spiro atoms. The Kier molecular flexibility index (Phi) is 5.17. The van der Waals surface area contributed by atoms with Crippen LogP contribution in [-0.4, -0.2) is 41.9 Å². The van der Waals surface area contributed by atoms with Crippen molar-refractivity contribution in [2.24, 2.45) is 0 Å². The molecule has 29 heavy (non-hydrogen) atoms. The van der Waals surface area contributed by atoms with Gasteiger partial charge in [0.25, 0.3) is 0 Å². The van der Waals surface area contributed by atoms with E-state index in [1.54, 1.807) is 0 Å². The van der Waals surface area contributed by atoms with Gasteiger partial charge < -0.3 is 14.0 Å². The van der Waals surface area contributed by atoms with Gasteiger partial charge in [-0.25, -0.2) is 4.79 Å². The van der Waals surface area contributed by atoms with Gasteiger partial charge in [0.1, 0.15) is 6.61 Å². The molecule has 6 heteroatoms. The monoisotopic (exact) mass is 393 g/mol. The zero-order valence-electron chi connectivity index (χ0n) is 17.5. The van der Waals surface area contributed by atoms with E-state index in [2.05, 4.69) is 12.1 Å². The Morgan fingerprint density at radius 1 is 0.966 bits per heavy atom. The lowest BCUT2D eigenvalue weighted by molar-refractivity contribution is 0.00578. The van der Waals surface area contributed by atoms with Crippen LogP contribution in [0, 0.1) is 0 Å². The third-order valence-electron chi connectivity index (χ3n) is 6.33. The van der Waals surface area contributed by atoms with Crippen molar-refractivity contribution in [3.8, 4) is 0 Å². The van der Waals surface area contributed by atoms with E-state index in [1.807, 2.05) is 81.1 Å². The summed E-state index contributed by atoms with van der Waals surface area (Å²) in [6.07, 6.45) is 0.297. The maximum absolute atomic E-state index is 12.9. The minimum atomic E-state index is -0.544. The highest BCUT2D eigenvalue weighted by atomic mass is 16.7. The third kappa shape index (κ3) is 3.79. The second kappa shape index (κ2) is 7.50. The molecule has 2 aromatic rings. The average molecular weight is 393 g/mol.